The van der Waals surface area contributed by atoms with E-state index in [9.17, 15) is 13.2 Å². The molecule has 0 fully saturated rings. The number of anilines is 1. The van der Waals surface area contributed by atoms with Gasteiger partial charge in [-0.2, -0.15) is 4.31 Å². The zero-order valence-electron chi connectivity index (χ0n) is 17.5. The molecule has 32 heavy (non-hydrogen) atoms. The molecule has 0 aliphatic carbocycles. The predicted molar refractivity (Wildman–Crippen MR) is 127 cm³/mol. The van der Waals surface area contributed by atoms with Crippen molar-refractivity contribution in [2.45, 2.75) is 18.4 Å². The van der Waals surface area contributed by atoms with Crippen LogP contribution < -0.4 is 10.1 Å². The van der Waals surface area contributed by atoms with E-state index < -0.39 is 22.5 Å². The van der Waals surface area contributed by atoms with Gasteiger partial charge in [-0.15, -0.1) is 0 Å². The van der Waals surface area contributed by atoms with Gasteiger partial charge in [0.15, 0.2) is 0 Å². The highest BCUT2D eigenvalue weighted by Crippen LogP contribution is 2.26. The lowest BCUT2D eigenvalue weighted by Gasteiger charge is -2.22. The molecule has 6 nitrogen and oxygen atoms in total. The van der Waals surface area contributed by atoms with Crippen molar-refractivity contribution >= 4 is 44.8 Å². The summed E-state index contributed by atoms with van der Waals surface area (Å²) in [6.45, 7) is 1.39. The summed E-state index contributed by atoms with van der Waals surface area (Å²) in [7, 11) is -2.47. The molecule has 0 saturated heterocycles. The van der Waals surface area contributed by atoms with Crippen molar-refractivity contribution in [2.75, 3.05) is 19.0 Å². The van der Waals surface area contributed by atoms with Gasteiger partial charge in [0.25, 0.3) is 0 Å². The van der Waals surface area contributed by atoms with Gasteiger partial charge >= 0.3 is 0 Å². The predicted octanol–water partition coefficient (Wildman–Crippen LogP) is 5.14. The zero-order valence-corrected chi connectivity index (χ0v) is 19.8. The van der Waals surface area contributed by atoms with Gasteiger partial charge < -0.3 is 10.1 Å². The van der Waals surface area contributed by atoms with E-state index in [2.05, 4.69) is 5.32 Å². The standard InChI is InChI=1S/C23H22Cl2N2O4S/c1-16-10-21(8-9-22(16)31-2)32(29,30)27(14-17-6-4-3-5-7-17)15-23(28)26-20-12-18(24)11-19(25)13-20/h3-13H,14-15H2,1-2H3,(H,26,28). The Morgan fingerprint density at radius 3 is 2.25 bits per heavy atom. The van der Waals surface area contributed by atoms with Crippen LogP contribution in [0, 0.1) is 6.92 Å². The third-order valence-electron chi connectivity index (χ3n) is 4.67. The Balaban J connectivity index is 1.90. The number of hydrogen-bond acceptors (Lipinski definition) is 4. The minimum atomic E-state index is -3.99. The Morgan fingerprint density at radius 2 is 1.66 bits per heavy atom. The second kappa shape index (κ2) is 10.4. The number of nitrogens with one attached hydrogen (secondary N) is 1. The van der Waals surface area contributed by atoms with Gasteiger partial charge in [-0.05, 0) is 54.4 Å². The maximum atomic E-state index is 13.4. The summed E-state index contributed by atoms with van der Waals surface area (Å²) in [5, 5.41) is 3.37. The van der Waals surface area contributed by atoms with Crippen LogP contribution in [0.3, 0.4) is 0 Å². The molecule has 0 radical (unpaired) electrons. The van der Waals surface area contributed by atoms with Gasteiger partial charge in [0.05, 0.1) is 18.6 Å². The van der Waals surface area contributed by atoms with Crippen LogP contribution in [0.4, 0.5) is 5.69 Å². The van der Waals surface area contributed by atoms with Crippen LogP contribution >= 0.6 is 23.2 Å². The van der Waals surface area contributed by atoms with Crippen LogP contribution in [0.2, 0.25) is 10.0 Å². The molecule has 0 unspecified atom stereocenters. The molecule has 0 heterocycles. The molecule has 0 spiro atoms. The van der Waals surface area contributed by atoms with Crippen molar-refractivity contribution < 1.29 is 17.9 Å². The van der Waals surface area contributed by atoms with Crippen molar-refractivity contribution in [1.82, 2.24) is 4.31 Å². The number of rotatable bonds is 8. The molecular formula is C23H22Cl2N2O4S. The average molecular weight is 493 g/mol. The lowest BCUT2D eigenvalue weighted by Crippen LogP contribution is -2.37. The van der Waals surface area contributed by atoms with E-state index in [1.807, 2.05) is 18.2 Å². The SMILES string of the molecule is COc1ccc(S(=O)(=O)N(CC(=O)Nc2cc(Cl)cc(Cl)c2)Cc2ccccc2)cc1C. The highest BCUT2D eigenvalue weighted by atomic mass is 35.5. The van der Waals surface area contributed by atoms with Crippen LogP contribution in [-0.4, -0.2) is 32.3 Å². The Bertz CT molecular complexity index is 1200. The van der Waals surface area contributed by atoms with Crippen molar-refractivity contribution in [3.63, 3.8) is 0 Å². The zero-order chi connectivity index (χ0) is 23.3. The van der Waals surface area contributed by atoms with Crippen molar-refractivity contribution in [3.05, 3.63) is 87.9 Å². The minimum Gasteiger partial charge on any atom is -0.496 e. The number of amides is 1. The second-order valence-electron chi connectivity index (χ2n) is 7.10. The van der Waals surface area contributed by atoms with Gasteiger partial charge in [-0.1, -0.05) is 53.5 Å². The largest absolute Gasteiger partial charge is 0.496 e. The normalized spacial score (nSPS) is 11.4. The first-order valence-corrected chi connectivity index (χ1v) is 11.8. The summed E-state index contributed by atoms with van der Waals surface area (Å²) in [4.78, 5) is 12.8. The lowest BCUT2D eigenvalue weighted by atomic mass is 10.2. The summed E-state index contributed by atoms with van der Waals surface area (Å²) < 4.78 is 33.3. The maximum Gasteiger partial charge on any atom is 0.243 e. The molecule has 168 valence electrons. The fraction of sp³-hybridized carbons (Fsp3) is 0.174. The Kier molecular flexibility index (Phi) is 7.79. The number of nitrogens with zero attached hydrogens (tertiary/aromatic N) is 1. The first-order chi connectivity index (χ1) is 15.2. The van der Waals surface area contributed by atoms with Gasteiger partial charge in [0.1, 0.15) is 5.75 Å². The minimum absolute atomic E-state index is 0.0258. The number of ether oxygens (including phenoxy) is 1. The first-order valence-electron chi connectivity index (χ1n) is 9.63. The molecule has 0 atom stereocenters. The van der Waals surface area contributed by atoms with E-state index in [0.29, 0.717) is 27.0 Å². The fourth-order valence-corrected chi connectivity index (χ4v) is 5.16. The maximum absolute atomic E-state index is 13.4. The molecule has 3 rings (SSSR count). The second-order valence-corrected chi connectivity index (χ2v) is 9.91. The molecule has 1 amide bonds. The molecule has 0 saturated carbocycles. The van der Waals surface area contributed by atoms with Crippen LogP contribution in [0.25, 0.3) is 0 Å². The Labute approximate surface area is 197 Å². The van der Waals surface area contributed by atoms with E-state index in [-0.39, 0.29) is 11.4 Å². The number of halogens is 2. The molecular weight excluding hydrogens is 471 g/mol. The topological polar surface area (TPSA) is 75.7 Å². The van der Waals surface area contributed by atoms with Gasteiger partial charge in [-0.3, -0.25) is 4.79 Å². The van der Waals surface area contributed by atoms with Gasteiger partial charge in [0.2, 0.25) is 15.9 Å². The van der Waals surface area contributed by atoms with E-state index in [1.165, 1.54) is 37.4 Å². The number of carbonyl (C=O) groups excluding carboxylic acids is 1. The molecule has 0 bridgehead atoms. The van der Waals surface area contributed by atoms with Gasteiger partial charge in [0, 0.05) is 22.3 Å². The molecule has 0 aliphatic rings. The molecule has 3 aromatic carbocycles. The highest BCUT2D eigenvalue weighted by Gasteiger charge is 2.27. The van der Waals surface area contributed by atoms with Crippen LogP contribution in [-0.2, 0) is 21.4 Å². The van der Waals surface area contributed by atoms with E-state index in [1.54, 1.807) is 25.1 Å². The summed E-state index contributed by atoms with van der Waals surface area (Å²) in [5.41, 5.74) is 1.80. The monoisotopic (exact) mass is 492 g/mol. The van der Waals surface area contributed by atoms with E-state index >= 15 is 0 Å². The number of methoxy groups -OCH3 is 1. The van der Waals surface area contributed by atoms with Gasteiger partial charge in [-0.25, -0.2) is 8.42 Å². The van der Waals surface area contributed by atoms with Crippen LogP contribution in [0.5, 0.6) is 5.75 Å². The number of hydrogen-bond donors (Lipinski definition) is 1. The number of carbonyl (C=O) groups is 1. The third kappa shape index (κ3) is 6.01. The summed E-state index contributed by atoms with van der Waals surface area (Å²) in [6.07, 6.45) is 0. The fourth-order valence-electron chi connectivity index (χ4n) is 3.16. The van der Waals surface area contributed by atoms with E-state index in [4.69, 9.17) is 27.9 Å². The smallest absolute Gasteiger partial charge is 0.243 e. The molecule has 9 heteroatoms. The van der Waals surface area contributed by atoms with Crippen molar-refractivity contribution in [2.24, 2.45) is 0 Å². The lowest BCUT2D eigenvalue weighted by molar-refractivity contribution is -0.116. The summed E-state index contributed by atoms with van der Waals surface area (Å²) in [5.74, 6) is 0.0576. The molecule has 0 aliphatic heterocycles. The number of sulfonamides is 1. The molecule has 1 N–H and O–H groups in total. The molecule has 0 aromatic heterocycles. The number of aryl methyl sites for hydroxylation is 1. The third-order valence-corrected chi connectivity index (χ3v) is 6.90. The Morgan fingerprint density at radius 1 is 1.00 bits per heavy atom. The van der Waals surface area contributed by atoms with Crippen LogP contribution in [0.15, 0.2) is 71.6 Å². The Hall–Kier alpha value is -2.58. The van der Waals surface area contributed by atoms with Crippen LogP contribution in [0.1, 0.15) is 11.1 Å². The highest BCUT2D eigenvalue weighted by molar-refractivity contribution is 7.89. The van der Waals surface area contributed by atoms with E-state index in [0.717, 1.165) is 9.87 Å². The average Bonchev–Trinajstić information content (AvgIpc) is 2.73. The summed E-state index contributed by atoms with van der Waals surface area (Å²) in [6, 6.07) is 18.3. The number of benzene rings is 3. The first kappa shape index (κ1) is 24.1. The molecule has 3 aromatic rings. The van der Waals surface area contributed by atoms with Crippen molar-refractivity contribution in [3.8, 4) is 5.75 Å². The quantitative estimate of drug-likeness (QED) is 0.472. The summed E-state index contributed by atoms with van der Waals surface area (Å²) >= 11 is 12.0. The van der Waals surface area contributed by atoms with Crippen molar-refractivity contribution in [1.29, 1.82) is 0 Å².